The summed E-state index contributed by atoms with van der Waals surface area (Å²) >= 11 is 0. The summed E-state index contributed by atoms with van der Waals surface area (Å²) in [6.07, 6.45) is -0.578. The van der Waals surface area contributed by atoms with E-state index in [9.17, 15) is 17.6 Å². The molecule has 1 amide bonds. The molecule has 2 aromatic carbocycles. The number of hydrogen-bond acceptors (Lipinski definition) is 5. The van der Waals surface area contributed by atoms with Crippen LogP contribution < -0.4 is 20.1 Å². The minimum atomic E-state index is -3.96. The summed E-state index contributed by atoms with van der Waals surface area (Å²) < 4.78 is 46.3. The van der Waals surface area contributed by atoms with Gasteiger partial charge in [-0.25, -0.2) is 12.8 Å². The molecule has 0 saturated heterocycles. The summed E-state index contributed by atoms with van der Waals surface area (Å²) in [6.45, 7) is 1.50. The third-order valence-electron chi connectivity index (χ3n) is 3.90. The first kappa shape index (κ1) is 20.8. The summed E-state index contributed by atoms with van der Waals surface area (Å²) in [7, 11) is -3.96. The van der Waals surface area contributed by atoms with Crippen LogP contribution in [0, 0.1) is 5.82 Å². The molecule has 3 rings (SSSR count). The van der Waals surface area contributed by atoms with E-state index in [0.717, 1.165) is 12.1 Å². The zero-order valence-corrected chi connectivity index (χ0v) is 16.0. The average Bonchev–Trinajstić information content (AvgIpc) is 2.59. The van der Waals surface area contributed by atoms with E-state index in [4.69, 9.17) is 10.5 Å². The first-order valence-corrected chi connectivity index (χ1v) is 9.30. The number of benzene rings is 2. The average molecular weight is 416 g/mol. The number of nitrogens with one attached hydrogen (secondary N) is 1. The predicted molar refractivity (Wildman–Crippen MR) is 102 cm³/mol. The molecule has 1 heterocycles. The highest BCUT2D eigenvalue weighted by atomic mass is 35.5. The molecule has 7 nitrogen and oxygen atoms in total. The quantitative estimate of drug-likeness (QED) is 0.743. The van der Waals surface area contributed by atoms with Crippen molar-refractivity contribution in [1.82, 2.24) is 5.32 Å². The fourth-order valence-electron chi connectivity index (χ4n) is 2.65. The second-order valence-electron chi connectivity index (χ2n) is 5.89. The van der Waals surface area contributed by atoms with Crippen molar-refractivity contribution in [2.24, 2.45) is 0 Å². The van der Waals surface area contributed by atoms with Crippen LogP contribution in [0.3, 0.4) is 0 Å². The van der Waals surface area contributed by atoms with Crippen molar-refractivity contribution in [3.05, 3.63) is 48.3 Å². The van der Waals surface area contributed by atoms with Gasteiger partial charge in [-0.15, -0.1) is 12.4 Å². The molecular weight excluding hydrogens is 397 g/mol. The number of nitrogens with zero attached hydrogens (tertiary/aromatic N) is 1. The topological polar surface area (TPSA) is 102 Å². The van der Waals surface area contributed by atoms with Crippen molar-refractivity contribution in [2.45, 2.75) is 17.9 Å². The summed E-state index contributed by atoms with van der Waals surface area (Å²) in [5, 5.41) is 2.62. The van der Waals surface area contributed by atoms with Gasteiger partial charge in [-0.05, 0) is 42.5 Å². The van der Waals surface area contributed by atoms with Crippen molar-refractivity contribution in [2.75, 3.05) is 23.1 Å². The van der Waals surface area contributed by atoms with Crippen LogP contribution in [0.4, 0.5) is 15.8 Å². The van der Waals surface area contributed by atoms with Crippen molar-refractivity contribution in [1.29, 1.82) is 0 Å². The van der Waals surface area contributed by atoms with Crippen LogP contribution in [0.5, 0.6) is 5.75 Å². The van der Waals surface area contributed by atoms with E-state index < -0.39 is 21.9 Å². The number of nitrogen functional groups attached to an aromatic ring is 1. The third kappa shape index (κ3) is 4.42. The summed E-state index contributed by atoms with van der Waals surface area (Å²) in [4.78, 5) is 11.1. The van der Waals surface area contributed by atoms with E-state index in [-0.39, 0.29) is 36.3 Å². The molecule has 0 aromatic heterocycles. The Morgan fingerprint density at radius 1 is 1.30 bits per heavy atom. The monoisotopic (exact) mass is 415 g/mol. The molecule has 3 N–H and O–H groups in total. The molecule has 0 spiro atoms. The normalized spacial score (nSPS) is 15.9. The zero-order chi connectivity index (χ0) is 18.9. The molecule has 0 aliphatic carbocycles. The lowest BCUT2D eigenvalue weighted by atomic mass is 10.2. The maximum absolute atomic E-state index is 13.2. The molecule has 1 unspecified atom stereocenters. The van der Waals surface area contributed by atoms with Gasteiger partial charge in [0, 0.05) is 12.6 Å². The Balaban J connectivity index is 0.00000261. The molecule has 0 radical (unpaired) electrons. The van der Waals surface area contributed by atoms with Crippen LogP contribution in [0.2, 0.25) is 0 Å². The predicted octanol–water partition coefficient (Wildman–Crippen LogP) is 1.92. The van der Waals surface area contributed by atoms with Crippen molar-refractivity contribution in [3.8, 4) is 5.75 Å². The van der Waals surface area contributed by atoms with Gasteiger partial charge in [0.1, 0.15) is 17.7 Å². The highest BCUT2D eigenvalue weighted by Gasteiger charge is 2.34. The second-order valence-corrected chi connectivity index (χ2v) is 7.76. The van der Waals surface area contributed by atoms with Gasteiger partial charge in [-0.3, -0.25) is 9.10 Å². The summed E-state index contributed by atoms with van der Waals surface area (Å²) in [6, 6.07) is 9.26. The van der Waals surface area contributed by atoms with Crippen LogP contribution in [0.15, 0.2) is 47.4 Å². The maximum atomic E-state index is 13.2. The number of carbonyl (C=O) groups excluding carboxylic acids is 1. The van der Waals surface area contributed by atoms with Crippen LogP contribution >= 0.6 is 12.4 Å². The molecule has 1 aliphatic rings. The lowest BCUT2D eigenvalue weighted by Gasteiger charge is -2.35. The lowest BCUT2D eigenvalue weighted by molar-refractivity contribution is -0.119. The number of sulfonamides is 1. The van der Waals surface area contributed by atoms with Crippen LogP contribution in [-0.4, -0.2) is 33.5 Å². The zero-order valence-electron chi connectivity index (χ0n) is 14.4. The smallest absolute Gasteiger partial charge is 0.264 e. The standard InChI is InChI=1S/C17H18FN3O4S.ClH/c1-11(22)20-9-14-10-21(16-8-13(19)4-7-17(16)25-14)26(23,24)15-5-2-12(18)3-6-15;/h2-8,14H,9-10,19H2,1H3,(H,20,22);1H. The number of ether oxygens (including phenoxy) is 1. The minimum Gasteiger partial charge on any atom is -0.484 e. The Morgan fingerprint density at radius 2 is 1.96 bits per heavy atom. The van der Waals surface area contributed by atoms with E-state index in [0.29, 0.717) is 17.1 Å². The fraction of sp³-hybridized carbons (Fsp3) is 0.235. The van der Waals surface area contributed by atoms with Crippen molar-refractivity contribution in [3.63, 3.8) is 0 Å². The first-order chi connectivity index (χ1) is 12.3. The number of rotatable bonds is 4. The molecule has 1 aliphatic heterocycles. The molecule has 1 atom stereocenters. The molecule has 0 saturated carbocycles. The Morgan fingerprint density at radius 3 is 2.59 bits per heavy atom. The number of carbonyl (C=O) groups is 1. The van der Waals surface area contributed by atoms with E-state index in [1.165, 1.54) is 29.4 Å². The van der Waals surface area contributed by atoms with Gasteiger partial charge in [-0.2, -0.15) is 0 Å². The molecule has 0 bridgehead atoms. The Hall–Kier alpha value is -2.52. The largest absolute Gasteiger partial charge is 0.484 e. The van der Waals surface area contributed by atoms with Gasteiger partial charge < -0.3 is 15.8 Å². The molecule has 0 fully saturated rings. The minimum absolute atomic E-state index is 0. The van der Waals surface area contributed by atoms with Gasteiger partial charge in [0.25, 0.3) is 10.0 Å². The Bertz CT molecular complexity index is 938. The van der Waals surface area contributed by atoms with Gasteiger partial charge in [0.15, 0.2) is 0 Å². The van der Waals surface area contributed by atoms with E-state index in [2.05, 4.69) is 5.32 Å². The molecular formula is C17H19ClFN3O4S. The van der Waals surface area contributed by atoms with Gasteiger partial charge in [0.05, 0.1) is 23.7 Å². The summed E-state index contributed by atoms with van der Waals surface area (Å²) in [5.74, 6) is -0.435. The molecule has 146 valence electrons. The number of nitrogens with two attached hydrogens (primary N) is 1. The molecule has 10 heteroatoms. The number of anilines is 2. The molecule has 2 aromatic rings. The number of amides is 1. The van der Waals surface area contributed by atoms with Gasteiger partial charge in [-0.1, -0.05) is 0 Å². The number of fused-ring (bicyclic) bond motifs is 1. The SMILES string of the molecule is CC(=O)NCC1CN(S(=O)(=O)c2ccc(F)cc2)c2cc(N)ccc2O1.Cl. The van der Waals surface area contributed by atoms with Crippen molar-refractivity contribution >= 4 is 39.7 Å². The summed E-state index contributed by atoms with van der Waals surface area (Å²) in [5.41, 5.74) is 6.48. The second kappa shape index (κ2) is 8.01. The molecule has 27 heavy (non-hydrogen) atoms. The van der Waals surface area contributed by atoms with Crippen LogP contribution in [0.1, 0.15) is 6.92 Å². The van der Waals surface area contributed by atoms with Crippen molar-refractivity contribution < 1.29 is 22.3 Å². The first-order valence-electron chi connectivity index (χ1n) is 7.86. The number of halogens is 2. The fourth-order valence-corrected chi connectivity index (χ4v) is 4.15. The van der Waals surface area contributed by atoms with E-state index in [1.807, 2.05) is 0 Å². The Labute approximate surface area is 162 Å². The van der Waals surface area contributed by atoms with Gasteiger partial charge >= 0.3 is 0 Å². The van der Waals surface area contributed by atoms with Crippen LogP contribution in [0.25, 0.3) is 0 Å². The Kier molecular flexibility index (Phi) is 6.17. The maximum Gasteiger partial charge on any atom is 0.264 e. The highest BCUT2D eigenvalue weighted by Crippen LogP contribution is 2.38. The van der Waals surface area contributed by atoms with E-state index >= 15 is 0 Å². The number of hydrogen-bond donors (Lipinski definition) is 2. The lowest BCUT2D eigenvalue weighted by Crippen LogP contribution is -2.48. The van der Waals surface area contributed by atoms with E-state index in [1.54, 1.807) is 12.1 Å². The van der Waals surface area contributed by atoms with Gasteiger partial charge in [0.2, 0.25) is 5.91 Å². The van der Waals surface area contributed by atoms with Crippen LogP contribution in [-0.2, 0) is 14.8 Å². The third-order valence-corrected chi connectivity index (χ3v) is 5.69. The highest BCUT2D eigenvalue weighted by molar-refractivity contribution is 7.92.